The number of hydrogen-bond acceptors (Lipinski definition) is 6. The van der Waals surface area contributed by atoms with Gasteiger partial charge in [-0.15, -0.1) is 0 Å². The quantitative estimate of drug-likeness (QED) is 0.199. The Balaban J connectivity index is 1.28. The molecule has 0 radical (unpaired) electrons. The minimum atomic E-state index is 0.0426. The summed E-state index contributed by atoms with van der Waals surface area (Å²) in [4.78, 5) is 22.0. The Kier molecular flexibility index (Phi) is 10.9. The zero-order valence-electron chi connectivity index (χ0n) is 22.8. The van der Waals surface area contributed by atoms with Crippen molar-refractivity contribution in [2.24, 2.45) is 10.9 Å². The second kappa shape index (κ2) is 14.3. The van der Waals surface area contributed by atoms with Crippen molar-refractivity contribution >= 4 is 28.5 Å². The SMILES string of the molecule is C=C(C1CC(=O)N(c2ccc(CN3CCCCC3)cc2)C1)N(NC)C(=NC)SCCCC1CCCCO1. The van der Waals surface area contributed by atoms with E-state index in [-0.39, 0.29) is 11.8 Å². The van der Waals surface area contributed by atoms with Crippen LogP contribution in [0.1, 0.15) is 63.4 Å². The zero-order valence-corrected chi connectivity index (χ0v) is 23.6. The topological polar surface area (TPSA) is 60.4 Å². The molecule has 7 nitrogen and oxygen atoms in total. The summed E-state index contributed by atoms with van der Waals surface area (Å²) in [5.74, 6) is 1.18. The number of carbonyl (C=O) groups is 1. The van der Waals surface area contributed by atoms with Crippen LogP contribution in [0.5, 0.6) is 0 Å². The van der Waals surface area contributed by atoms with Gasteiger partial charge in [0.1, 0.15) is 0 Å². The van der Waals surface area contributed by atoms with Crippen molar-refractivity contribution in [3.8, 4) is 0 Å². The fourth-order valence-electron chi connectivity index (χ4n) is 5.62. The fourth-order valence-corrected chi connectivity index (χ4v) is 6.58. The maximum absolute atomic E-state index is 13.0. The number of piperidine rings is 1. The van der Waals surface area contributed by atoms with Crippen molar-refractivity contribution in [3.63, 3.8) is 0 Å². The molecule has 0 aliphatic carbocycles. The first kappa shape index (κ1) is 28.1. The predicted molar refractivity (Wildman–Crippen MR) is 155 cm³/mol. The number of thioether (sulfide) groups is 1. The minimum absolute atomic E-state index is 0.0426. The summed E-state index contributed by atoms with van der Waals surface area (Å²) in [5, 5.41) is 2.86. The van der Waals surface area contributed by atoms with Gasteiger partial charge < -0.3 is 9.64 Å². The molecule has 4 rings (SSSR count). The average molecular weight is 528 g/mol. The van der Waals surface area contributed by atoms with Gasteiger partial charge in [0, 0.05) is 63.3 Å². The van der Waals surface area contributed by atoms with Crippen LogP contribution >= 0.6 is 11.8 Å². The van der Waals surface area contributed by atoms with Crippen LogP contribution in [0.4, 0.5) is 5.69 Å². The monoisotopic (exact) mass is 527 g/mol. The Bertz CT molecular complexity index is 909. The highest BCUT2D eigenvalue weighted by Gasteiger charge is 2.35. The van der Waals surface area contributed by atoms with Gasteiger partial charge >= 0.3 is 0 Å². The molecule has 1 aromatic rings. The highest BCUT2D eigenvalue weighted by atomic mass is 32.2. The van der Waals surface area contributed by atoms with Gasteiger partial charge in [-0.2, -0.15) is 0 Å². The van der Waals surface area contributed by atoms with E-state index >= 15 is 0 Å². The summed E-state index contributed by atoms with van der Waals surface area (Å²) in [6, 6.07) is 8.55. The normalized spacial score (nSPS) is 23.5. The van der Waals surface area contributed by atoms with Gasteiger partial charge in [-0.1, -0.05) is 36.9 Å². The maximum Gasteiger partial charge on any atom is 0.227 e. The van der Waals surface area contributed by atoms with Gasteiger partial charge in [-0.05, 0) is 75.7 Å². The summed E-state index contributed by atoms with van der Waals surface area (Å²) < 4.78 is 5.87. The predicted octanol–water partition coefficient (Wildman–Crippen LogP) is 5.04. The summed E-state index contributed by atoms with van der Waals surface area (Å²) in [6.45, 7) is 9.31. The number of rotatable bonds is 10. The lowest BCUT2D eigenvalue weighted by Crippen LogP contribution is -2.41. The Hall–Kier alpha value is -1.87. The lowest BCUT2D eigenvalue weighted by molar-refractivity contribution is -0.117. The van der Waals surface area contributed by atoms with Crippen LogP contribution in [-0.4, -0.2) is 73.2 Å². The van der Waals surface area contributed by atoms with Gasteiger partial charge in [0.15, 0.2) is 5.17 Å². The number of aliphatic imine (C=N–C) groups is 1. The van der Waals surface area contributed by atoms with E-state index in [9.17, 15) is 4.79 Å². The molecule has 204 valence electrons. The van der Waals surface area contributed by atoms with Gasteiger partial charge in [0.25, 0.3) is 0 Å². The lowest BCUT2D eigenvalue weighted by atomic mass is 10.1. The van der Waals surface area contributed by atoms with Crippen molar-refractivity contribution in [2.75, 3.05) is 51.0 Å². The molecule has 37 heavy (non-hydrogen) atoms. The molecule has 1 amide bonds. The number of amidine groups is 1. The van der Waals surface area contributed by atoms with Crippen molar-refractivity contribution in [2.45, 2.75) is 70.4 Å². The van der Waals surface area contributed by atoms with Crippen LogP contribution in [0.15, 0.2) is 41.5 Å². The van der Waals surface area contributed by atoms with Crippen molar-refractivity contribution in [1.82, 2.24) is 15.3 Å². The van der Waals surface area contributed by atoms with E-state index in [2.05, 4.69) is 46.2 Å². The smallest absolute Gasteiger partial charge is 0.227 e. The molecule has 0 bridgehead atoms. The van der Waals surface area contributed by atoms with Crippen molar-refractivity contribution in [3.05, 3.63) is 42.1 Å². The van der Waals surface area contributed by atoms with Gasteiger partial charge in [-0.3, -0.25) is 19.7 Å². The van der Waals surface area contributed by atoms with E-state index in [1.165, 1.54) is 57.2 Å². The van der Waals surface area contributed by atoms with Crippen molar-refractivity contribution in [1.29, 1.82) is 0 Å². The van der Waals surface area contributed by atoms with E-state index in [0.29, 0.717) is 19.1 Å². The van der Waals surface area contributed by atoms with E-state index in [1.807, 2.05) is 24.0 Å². The molecule has 2 atom stereocenters. The first-order valence-corrected chi connectivity index (χ1v) is 15.1. The molecule has 3 aliphatic rings. The number of hydrogen-bond donors (Lipinski definition) is 1. The molecule has 1 aromatic carbocycles. The number of hydrazine groups is 1. The number of nitrogens with zero attached hydrogens (tertiary/aromatic N) is 4. The third-order valence-corrected chi connectivity index (χ3v) is 8.88. The summed E-state index contributed by atoms with van der Waals surface area (Å²) in [6.07, 6.45) is 10.7. The zero-order chi connectivity index (χ0) is 26.0. The second-order valence-electron chi connectivity index (χ2n) is 10.4. The molecule has 3 saturated heterocycles. The van der Waals surface area contributed by atoms with Gasteiger partial charge in [0.2, 0.25) is 5.91 Å². The Morgan fingerprint density at radius 3 is 2.65 bits per heavy atom. The van der Waals surface area contributed by atoms with E-state index in [4.69, 9.17) is 4.74 Å². The first-order valence-electron chi connectivity index (χ1n) is 14.1. The minimum Gasteiger partial charge on any atom is -0.378 e. The molecule has 1 N–H and O–H groups in total. The Morgan fingerprint density at radius 1 is 1.19 bits per heavy atom. The lowest BCUT2D eigenvalue weighted by Gasteiger charge is -2.29. The fraction of sp³-hybridized carbons (Fsp3) is 0.655. The van der Waals surface area contributed by atoms with Crippen molar-refractivity contribution < 1.29 is 9.53 Å². The maximum atomic E-state index is 13.0. The van der Waals surface area contributed by atoms with Crippen LogP contribution < -0.4 is 10.3 Å². The number of ether oxygens (including phenoxy) is 1. The average Bonchev–Trinajstić information content (AvgIpc) is 3.33. The highest BCUT2D eigenvalue weighted by molar-refractivity contribution is 8.13. The third kappa shape index (κ3) is 7.82. The van der Waals surface area contributed by atoms with Gasteiger partial charge in [-0.25, -0.2) is 5.43 Å². The molecular formula is C29H45N5O2S. The first-order chi connectivity index (χ1) is 18.1. The van der Waals surface area contributed by atoms with Crippen LogP contribution in [0.25, 0.3) is 0 Å². The summed E-state index contributed by atoms with van der Waals surface area (Å²) in [7, 11) is 3.71. The summed E-state index contributed by atoms with van der Waals surface area (Å²) in [5.41, 5.74) is 6.44. The summed E-state index contributed by atoms with van der Waals surface area (Å²) >= 11 is 1.74. The number of nitrogens with one attached hydrogen (secondary N) is 1. The molecule has 3 heterocycles. The molecular weight excluding hydrogens is 482 g/mol. The number of amides is 1. The second-order valence-corrected chi connectivity index (χ2v) is 11.5. The number of likely N-dealkylation sites (tertiary alicyclic amines) is 1. The largest absolute Gasteiger partial charge is 0.378 e. The molecule has 3 aliphatic heterocycles. The van der Waals surface area contributed by atoms with E-state index < -0.39 is 0 Å². The Morgan fingerprint density at radius 2 is 1.97 bits per heavy atom. The molecule has 2 unspecified atom stereocenters. The van der Waals surface area contributed by atoms with Crippen LogP contribution in [0.2, 0.25) is 0 Å². The van der Waals surface area contributed by atoms with Crippen LogP contribution in [-0.2, 0) is 16.1 Å². The molecule has 0 saturated carbocycles. The van der Waals surface area contributed by atoms with Crippen LogP contribution in [0, 0.1) is 5.92 Å². The molecule has 0 spiro atoms. The molecule has 0 aromatic heterocycles. The third-order valence-electron chi connectivity index (χ3n) is 7.77. The van der Waals surface area contributed by atoms with E-state index in [0.717, 1.165) is 48.3 Å². The number of benzene rings is 1. The standard InChI is InChI=1S/C29H45N5O2S/c1-23(34(31-3)29(30-2)37-19-9-11-27-10-5-8-18-36-27)25-20-28(35)33(22-25)26-14-12-24(13-15-26)21-32-16-6-4-7-17-32/h12-15,25,27,31H,1,4-11,16-22H2,2-3H3. The van der Waals surface area contributed by atoms with Gasteiger partial charge in [0.05, 0.1) is 6.10 Å². The van der Waals surface area contributed by atoms with E-state index in [1.54, 1.807) is 11.8 Å². The Labute approximate surface area is 227 Å². The number of anilines is 1. The van der Waals surface area contributed by atoms with Crippen LogP contribution in [0.3, 0.4) is 0 Å². The highest BCUT2D eigenvalue weighted by Crippen LogP contribution is 2.31. The number of carbonyl (C=O) groups excluding carboxylic acids is 1. The molecule has 8 heteroatoms. The molecule has 3 fully saturated rings.